The molecule has 0 unspecified atom stereocenters. The van der Waals surface area contributed by atoms with Crippen molar-refractivity contribution in [1.82, 2.24) is 4.57 Å². The second-order valence-electron chi connectivity index (χ2n) is 3.75. The van der Waals surface area contributed by atoms with Crippen LogP contribution in [-0.2, 0) is 0 Å². The number of carbonyl (C=O) groups is 1. The third kappa shape index (κ3) is 1.78. The van der Waals surface area contributed by atoms with Gasteiger partial charge < -0.3 is 11.5 Å². The van der Waals surface area contributed by atoms with Gasteiger partial charge in [-0.05, 0) is 5.56 Å². The molecule has 0 aliphatic heterocycles. The standard InChI is InChI=1S/C13H9N5O/c14-6-9-11(8-4-2-1-3-5-8)10(7-15)18(12(9)16)13(17)19/h1-5H,16H2,(H2,17,19). The van der Waals surface area contributed by atoms with Gasteiger partial charge >= 0.3 is 6.03 Å². The van der Waals surface area contributed by atoms with Crippen molar-refractivity contribution >= 4 is 11.8 Å². The summed E-state index contributed by atoms with van der Waals surface area (Å²) in [6.07, 6.45) is 0. The molecule has 2 rings (SSSR count). The monoisotopic (exact) mass is 251 g/mol. The molecule has 1 amide bonds. The Kier molecular flexibility index (Phi) is 2.93. The first-order valence-corrected chi connectivity index (χ1v) is 5.31. The zero-order chi connectivity index (χ0) is 14.0. The average Bonchev–Trinajstić information content (AvgIpc) is 2.71. The van der Waals surface area contributed by atoms with Crippen LogP contribution in [0.5, 0.6) is 0 Å². The molecule has 1 aromatic carbocycles. The summed E-state index contributed by atoms with van der Waals surface area (Å²) < 4.78 is 0.848. The maximum absolute atomic E-state index is 11.4. The summed E-state index contributed by atoms with van der Waals surface area (Å²) in [6.45, 7) is 0. The van der Waals surface area contributed by atoms with Crippen molar-refractivity contribution in [2.75, 3.05) is 5.73 Å². The first-order chi connectivity index (χ1) is 9.11. The fourth-order valence-electron chi connectivity index (χ4n) is 1.92. The molecule has 4 N–H and O–H groups in total. The highest BCUT2D eigenvalue weighted by Gasteiger charge is 2.24. The highest BCUT2D eigenvalue weighted by atomic mass is 16.2. The molecule has 6 nitrogen and oxygen atoms in total. The van der Waals surface area contributed by atoms with E-state index < -0.39 is 6.03 Å². The molecule has 0 radical (unpaired) electrons. The minimum absolute atomic E-state index is 0.0345. The minimum Gasteiger partial charge on any atom is -0.384 e. The topological polar surface area (TPSA) is 122 Å². The largest absolute Gasteiger partial charge is 0.384 e. The number of rotatable bonds is 1. The number of carbonyl (C=O) groups excluding carboxylic acids is 1. The van der Waals surface area contributed by atoms with Crippen LogP contribution in [0.2, 0.25) is 0 Å². The Balaban J connectivity index is 2.89. The molecule has 0 spiro atoms. The number of primary amides is 1. The van der Waals surface area contributed by atoms with Gasteiger partial charge in [0.25, 0.3) is 0 Å². The lowest BCUT2D eigenvalue weighted by Gasteiger charge is -2.01. The number of nitrogen functional groups attached to an aromatic ring is 1. The molecule has 0 bridgehead atoms. The maximum atomic E-state index is 11.4. The summed E-state index contributed by atoms with van der Waals surface area (Å²) in [5.41, 5.74) is 11.9. The van der Waals surface area contributed by atoms with Crippen molar-refractivity contribution in [2.24, 2.45) is 5.73 Å². The molecule has 0 aliphatic carbocycles. The van der Waals surface area contributed by atoms with Crippen LogP contribution >= 0.6 is 0 Å². The Hall–Kier alpha value is -3.25. The highest BCUT2D eigenvalue weighted by molar-refractivity contribution is 5.90. The number of anilines is 1. The van der Waals surface area contributed by atoms with Gasteiger partial charge in [0.05, 0.1) is 0 Å². The van der Waals surface area contributed by atoms with Gasteiger partial charge in [-0.3, -0.25) is 0 Å². The summed E-state index contributed by atoms with van der Waals surface area (Å²) in [4.78, 5) is 11.4. The van der Waals surface area contributed by atoms with Crippen LogP contribution < -0.4 is 11.5 Å². The van der Waals surface area contributed by atoms with Crippen LogP contribution in [0.15, 0.2) is 30.3 Å². The van der Waals surface area contributed by atoms with E-state index in [0.29, 0.717) is 11.1 Å². The van der Waals surface area contributed by atoms with Gasteiger partial charge in [0.2, 0.25) is 0 Å². The van der Waals surface area contributed by atoms with Crippen molar-refractivity contribution in [1.29, 1.82) is 10.5 Å². The molecule has 0 saturated carbocycles. The molecule has 0 saturated heterocycles. The van der Waals surface area contributed by atoms with Crippen molar-refractivity contribution in [3.63, 3.8) is 0 Å². The van der Waals surface area contributed by atoms with Gasteiger partial charge in [-0.15, -0.1) is 0 Å². The van der Waals surface area contributed by atoms with E-state index in [1.807, 2.05) is 12.1 Å². The number of nitrogens with two attached hydrogens (primary N) is 2. The molecule has 0 atom stereocenters. The second kappa shape index (κ2) is 4.55. The van der Waals surface area contributed by atoms with Gasteiger partial charge in [-0.2, -0.15) is 10.5 Å². The van der Waals surface area contributed by atoms with E-state index in [4.69, 9.17) is 11.5 Å². The smallest absolute Gasteiger partial charge is 0.325 e. The SMILES string of the molecule is N#Cc1c(-c2ccccc2)c(C#N)n(C(N)=O)c1N. The van der Waals surface area contributed by atoms with Crippen LogP contribution in [0, 0.1) is 22.7 Å². The van der Waals surface area contributed by atoms with Crippen molar-refractivity contribution < 1.29 is 4.79 Å². The summed E-state index contributed by atoms with van der Waals surface area (Å²) in [6, 6.07) is 11.7. The number of nitrogens with zero attached hydrogens (tertiary/aromatic N) is 3. The van der Waals surface area contributed by atoms with E-state index in [-0.39, 0.29) is 17.1 Å². The fraction of sp³-hybridized carbons (Fsp3) is 0. The normalized spacial score (nSPS) is 9.58. The molecule has 0 fully saturated rings. The van der Waals surface area contributed by atoms with Crippen LogP contribution in [-0.4, -0.2) is 10.6 Å². The maximum Gasteiger partial charge on any atom is 0.325 e. The van der Waals surface area contributed by atoms with Gasteiger partial charge in [-0.1, -0.05) is 30.3 Å². The van der Waals surface area contributed by atoms with Gasteiger partial charge in [-0.25, -0.2) is 9.36 Å². The zero-order valence-corrected chi connectivity index (χ0v) is 9.79. The van der Waals surface area contributed by atoms with Gasteiger partial charge in [0, 0.05) is 5.56 Å². The van der Waals surface area contributed by atoms with E-state index in [1.165, 1.54) is 0 Å². The minimum atomic E-state index is -0.896. The van der Waals surface area contributed by atoms with E-state index >= 15 is 0 Å². The van der Waals surface area contributed by atoms with Crippen LogP contribution in [0.1, 0.15) is 11.3 Å². The molecule has 19 heavy (non-hydrogen) atoms. The van der Waals surface area contributed by atoms with E-state index in [2.05, 4.69) is 0 Å². The van der Waals surface area contributed by atoms with Crippen molar-refractivity contribution in [3.8, 4) is 23.3 Å². The quantitative estimate of drug-likeness (QED) is 0.795. The van der Waals surface area contributed by atoms with Gasteiger partial charge in [0.15, 0.2) is 0 Å². The second-order valence-corrected chi connectivity index (χ2v) is 3.75. The van der Waals surface area contributed by atoms with E-state index in [0.717, 1.165) is 4.57 Å². The zero-order valence-electron chi connectivity index (χ0n) is 9.79. The molecule has 6 heteroatoms. The first kappa shape index (κ1) is 12.2. The third-order valence-electron chi connectivity index (χ3n) is 2.71. The summed E-state index contributed by atoms with van der Waals surface area (Å²) in [5, 5.41) is 18.4. The third-order valence-corrected chi connectivity index (χ3v) is 2.71. The first-order valence-electron chi connectivity index (χ1n) is 5.31. The lowest BCUT2D eigenvalue weighted by Crippen LogP contribution is -2.22. The number of amides is 1. The molecular formula is C13H9N5O. The highest BCUT2D eigenvalue weighted by Crippen LogP contribution is 2.33. The van der Waals surface area contributed by atoms with Crippen molar-refractivity contribution in [3.05, 3.63) is 41.6 Å². The number of nitriles is 2. The lowest BCUT2D eigenvalue weighted by atomic mass is 10.0. The molecule has 1 aromatic heterocycles. The number of hydrogen-bond donors (Lipinski definition) is 2. The molecule has 2 aromatic rings. The Morgan fingerprint density at radius 1 is 1.16 bits per heavy atom. The van der Waals surface area contributed by atoms with Crippen molar-refractivity contribution in [2.45, 2.75) is 0 Å². The molecule has 92 valence electrons. The molecule has 0 aliphatic rings. The summed E-state index contributed by atoms with van der Waals surface area (Å²) in [7, 11) is 0. The Morgan fingerprint density at radius 3 is 2.26 bits per heavy atom. The molecular weight excluding hydrogens is 242 g/mol. The van der Waals surface area contributed by atoms with E-state index in [9.17, 15) is 15.3 Å². The number of aromatic nitrogens is 1. The number of hydrogen-bond acceptors (Lipinski definition) is 4. The van der Waals surface area contributed by atoms with E-state index in [1.54, 1.807) is 30.3 Å². The van der Waals surface area contributed by atoms with Crippen LogP contribution in [0.25, 0.3) is 11.1 Å². The van der Waals surface area contributed by atoms with Gasteiger partial charge in [0.1, 0.15) is 29.2 Å². The summed E-state index contributed by atoms with van der Waals surface area (Å²) >= 11 is 0. The summed E-state index contributed by atoms with van der Waals surface area (Å²) in [5.74, 6) is -0.120. The average molecular weight is 251 g/mol. The number of benzene rings is 1. The Labute approximate surface area is 109 Å². The van der Waals surface area contributed by atoms with Crippen LogP contribution in [0.4, 0.5) is 10.6 Å². The fourth-order valence-corrected chi connectivity index (χ4v) is 1.92. The Bertz CT molecular complexity index is 731. The lowest BCUT2D eigenvalue weighted by molar-refractivity contribution is 0.250. The predicted molar refractivity (Wildman–Crippen MR) is 68.7 cm³/mol. The Morgan fingerprint density at radius 2 is 1.79 bits per heavy atom. The molecule has 1 heterocycles. The van der Waals surface area contributed by atoms with Crippen LogP contribution in [0.3, 0.4) is 0 Å². The predicted octanol–water partition coefficient (Wildman–Crippen LogP) is 1.41.